The molecule has 10 heteroatoms. The molecular weight excluding hydrogens is 383 g/mol. The van der Waals surface area contributed by atoms with Gasteiger partial charge in [0.15, 0.2) is 1.28 Å². The van der Waals surface area contributed by atoms with Crippen molar-refractivity contribution in [1.29, 1.82) is 1.28 Å². The topological polar surface area (TPSA) is 119 Å². The van der Waals surface area contributed by atoms with Crippen molar-refractivity contribution in [1.82, 2.24) is 5.32 Å². The molecule has 0 spiro atoms. The van der Waals surface area contributed by atoms with E-state index in [4.69, 9.17) is 11.9 Å². The molecule has 7 nitrogen and oxygen atoms in total. The minimum atomic E-state index is -4.11. The van der Waals surface area contributed by atoms with Crippen LogP contribution >= 0.6 is 28.1 Å². The third-order valence-electron chi connectivity index (χ3n) is 3.46. The second-order valence-electron chi connectivity index (χ2n) is 6.31. The van der Waals surface area contributed by atoms with Gasteiger partial charge in [-0.2, -0.15) is 9.06 Å². The molecule has 0 aromatic carbocycles. The molecule has 0 aromatic rings. The van der Waals surface area contributed by atoms with Crippen molar-refractivity contribution in [2.75, 3.05) is 37.2 Å². The molecule has 0 radical (unpaired) electrons. The van der Waals surface area contributed by atoms with Crippen LogP contribution in [0, 0.1) is 5.92 Å². The second-order valence-corrected chi connectivity index (χ2v) is 14.3. The maximum absolute atomic E-state index is 11.8. The van der Waals surface area contributed by atoms with E-state index in [9.17, 15) is 14.2 Å². The number of primary amides is 1. The molecule has 0 rings (SSSR count). The van der Waals surface area contributed by atoms with Crippen LogP contribution in [0.4, 0.5) is 0 Å². The maximum Gasteiger partial charge on any atom is 0.316 e. The number of rotatable bonds is 15. The van der Waals surface area contributed by atoms with Crippen molar-refractivity contribution < 1.29 is 23.6 Å². The first kappa shape index (κ1) is 22.8. The third-order valence-corrected chi connectivity index (χ3v) is 9.00. The van der Waals surface area contributed by atoms with E-state index in [-0.39, 0.29) is 24.3 Å². The highest BCUT2D eigenvalue weighted by atomic mass is 33.2. The lowest BCUT2D eigenvalue weighted by molar-refractivity contribution is -0.121. The first-order chi connectivity index (χ1) is 11.9. The fraction of sp³-hybridized carbons (Fsp3) is 0.867. The van der Waals surface area contributed by atoms with Gasteiger partial charge in [-0.15, -0.1) is 10.8 Å². The number of unbranched alkanes of at least 4 members (excludes halogenated alkanes) is 3. The van der Waals surface area contributed by atoms with E-state index in [1.165, 1.54) is 0 Å². The molecule has 2 amide bonds. The number of carbonyl (C=O) groups is 2. The largest absolute Gasteiger partial charge is 0.369 e. The molecule has 0 heterocycles. The summed E-state index contributed by atoms with van der Waals surface area (Å²) in [6.45, 7) is 2.55. The summed E-state index contributed by atoms with van der Waals surface area (Å²) in [7, 11) is -3.35. The molecule has 0 saturated heterocycles. The van der Waals surface area contributed by atoms with Gasteiger partial charge in [0.25, 0.3) is 0 Å². The number of hydrogen-bond donors (Lipinski definition) is 3. The Morgan fingerprint density at radius 1 is 1.36 bits per heavy atom. The van der Waals surface area contributed by atoms with E-state index in [1.54, 1.807) is 10.8 Å². The highest BCUT2D eigenvalue weighted by Gasteiger charge is 2.20. The summed E-state index contributed by atoms with van der Waals surface area (Å²) in [6, 6.07) is 0. The average Bonchev–Trinajstić information content (AvgIpc) is 2.48. The van der Waals surface area contributed by atoms with Gasteiger partial charge in [-0.3, -0.25) is 14.2 Å². The summed E-state index contributed by atoms with van der Waals surface area (Å²) in [5, 5.41) is 2.88. The first-order valence-corrected chi connectivity index (χ1v) is 13.6. The molecule has 150 valence electrons. The van der Waals surface area contributed by atoms with Crippen LogP contribution in [-0.2, 0) is 18.7 Å². The van der Waals surface area contributed by atoms with E-state index in [0.29, 0.717) is 19.4 Å². The third kappa shape index (κ3) is 15.7. The van der Waals surface area contributed by atoms with Crippen molar-refractivity contribution in [2.45, 2.75) is 39.0 Å². The van der Waals surface area contributed by atoms with Gasteiger partial charge in [-0.05, 0) is 31.1 Å². The van der Waals surface area contributed by atoms with Crippen molar-refractivity contribution in [3.05, 3.63) is 0 Å². The van der Waals surface area contributed by atoms with Crippen molar-refractivity contribution >= 4 is 39.9 Å². The van der Waals surface area contributed by atoms with Crippen LogP contribution in [0.2, 0.25) is 0 Å². The molecule has 0 aliphatic carbocycles. The normalized spacial score (nSPS) is 16.6. The smallest absolute Gasteiger partial charge is 0.316 e. The van der Waals surface area contributed by atoms with Crippen LogP contribution in [0.15, 0.2) is 0 Å². The van der Waals surface area contributed by atoms with Crippen molar-refractivity contribution in [3.8, 4) is 0 Å². The number of nitrogens with two attached hydrogens (primary N) is 1. The van der Waals surface area contributed by atoms with Crippen LogP contribution in [-0.4, -0.2) is 55.2 Å². The second kappa shape index (κ2) is 13.9. The van der Waals surface area contributed by atoms with E-state index >= 15 is 0 Å². The monoisotopic (exact) mass is 418 g/mol. The van der Waals surface area contributed by atoms with Crippen LogP contribution in [0.3, 0.4) is 0 Å². The molecule has 25 heavy (non-hydrogen) atoms. The Morgan fingerprint density at radius 2 is 2.00 bits per heavy atom. The average molecular weight is 419 g/mol. The molecule has 4 N–H and O–H groups in total. The summed E-state index contributed by atoms with van der Waals surface area (Å²) in [5.74, 6) is 1.10. The summed E-state index contributed by atoms with van der Waals surface area (Å²) >= 11 is 0. The summed E-state index contributed by atoms with van der Waals surface area (Å²) in [5.41, 5.74) is 5.31. The Hall–Kier alpha value is -0.210. The molecule has 0 aliphatic heterocycles. The van der Waals surface area contributed by atoms with E-state index in [1.807, 2.05) is 6.92 Å². The van der Waals surface area contributed by atoms with E-state index in [2.05, 4.69) is 22.4 Å². The SMILES string of the molecule is [3H]P(=O)(O)OCCCCCCNC(=O)CCSS(C)(C)CC(C)C(N)=O. The molecule has 0 aromatic heterocycles. The number of amides is 2. The Morgan fingerprint density at radius 3 is 2.60 bits per heavy atom. The quantitative estimate of drug-likeness (QED) is 0.213. The highest BCUT2D eigenvalue weighted by molar-refractivity contribution is 8.93. The fourth-order valence-electron chi connectivity index (χ4n) is 2.13. The van der Waals surface area contributed by atoms with Crippen LogP contribution in [0.1, 0.15) is 39.0 Å². The predicted octanol–water partition coefficient (Wildman–Crippen LogP) is 2.29. The Kier molecular flexibility index (Phi) is 12.7. The lowest BCUT2D eigenvalue weighted by Crippen LogP contribution is -2.26. The molecule has 0 fully saturated rings. The van der Waals surface area contributed by atoms with Gasteiger partial charge in [-0.25, -0.2) is 0 Å². The van der Waals surface area contributed by atoms with E-state index < -0.39 is 17.3 Å². The Labute approximate surface area is 158 Å². The number of nitrogens with one attached hydrogen (secondary N) is 1. The van der Waals surface area contributed by atoms with Crippen molar-refractivity contribution in [3.63, 3.8) is 0 Å². The molecule has 0 aliphatic rings. The molecule has 2 unspecified atom stereocenters. The maximum atomic E-state index is 11.8. The standard InChI is InChI=1S/C15H33N2O5PS2/c1-13(15(16)19)12-25(2,3)24-11-8-14(18)17-9-6-4-5-7-10-22-23(20)21/h13,23H,4-12H2,1-3H3,(H2,16,19)(H,17,18)(H,20,21)/i23T. The fourth-order valence-corrected chi connectivity index (χ4v) is 7.11. The molecule has 0 bridgehead atoms. The molecule has 2 atom stereocenters. The van der Waals surface area contributed by atoms with Gasteiger partial charge in [-0.1, -0.05) is 19.8 Å². The van der Waals surface area contributed by atoms with Gasteiger partial charge in [0, 0.05) is 24.6 Å². The van der Waals surface area contributed by atoms with Crippen LogP contribution in [0.5, 0.6) is 0 Å². The van der Waals surface area contributed by atoms with Crippen LogP contribution in [0.25, 0.3) is 0 Å². The number of hydrogen-bond acceptors (Lipinski definition) is 5. The predicted molar refractivity (Wildman–Crippen MR) is 108 cm³/mol. The van der Waals surface area contributed by atoms with E-state index in [0.717, 1.165) is 30.8 Å². The van der Waals surface area contributed by atoms with Gasteiger partial charge in [0.2, 0.25) is 11.8 Å². The summed E-state index contributed by atoms with van der Waals surface area (Å²) < 4.78 is 21.7. The Bertz CT molecular complexity index is 491. The zero-order valence-electron chi connectivity index (χ0n) is 16.4. The van der Waals surface area contributed by atoms with Gasteiger partial charge in [0.05, 0.1) is 6.61 Å². The van der Waals surface area contributed by atoms with Gasteiger partial charge >= 0.3 is 8.20 Å². The molecule has 0 saturated carbocycles. The Balaban J connectivity index is 3.66. The zero-order valence-corrected chi connectivity index (χ0v) is 17.9. The van der Waals surface area contributed by atoms with Gasteiger partial charge < -0.3 is 20.5 Å². The highest BCUT2D eigenvalue weighted by Crippen LogP contribution is 2.54. The minimum absolute atomic E-state index is 0.0226. The summed E-state index contributed by atoms with van der Waals surface area (Å²) in [4.78, 5) is 31.6. The zero-order chi connectivity index (χ0) is 20.2. The molecular formula is C15H33N2O5PS2. The van der Waals surface area contributed by atoms with Gasteiger partial charge in [0.1, 0.15) is 0 Å². The van der Waals surface area contributed by atoms with Crippen molar-refractivity contribution in [2.24, 2.45) is 11.7 Å². The lowest BCUT2D eigenvalue weighted by atomic mass is 10.2. The summed E-state index contributed by atoms with van der Waals surface area (Å²) in [6.07, 6.45) is 7.88. The first-order valence-electron chi connectivity index (χ1n) is 8.79. The number of carbonyl (C=O) groups excluding carboxylic acids is 2. The van der Waals surface area contributed by atoms with Crippen LogP contribution < -0.4 is 11.1 Å². The lowest BCUT2D eigenvalue weighted by Gasteiger charge is -2.32. The minimum Gasteiger partial charge on any atom is -0.369 e.